The third-order valence-corrected chi connectivity index (χ3v) is 4.42. The molecule has 9 nitrogen and oxygen atoms in total. The molecular formula is C16H21N5O4S. The number of nitrogens with two attached hydrogens (primary N) is 1. The van der Waals surface area contributed by atoms with Gasteiger partial charge in [-0.05, 0) is 18.2 Å². The number of hydrogen-bond donors (Lipinski definition) is 5. The number of carbonyl (C=O) groups excluding carboxylic acids is 4. The molecule has 0 spiro atoms. The third kappa shape index (κ3) is 6.73. The lowest BCUT2D eigenvalue weighted by Gasteiger charge is -2.30. The molecule has 2 atom stereocenters. The van der Waals surface area contributed by atoms with Crippen LogP contribution in [0, 0.1) is 0 Å². The van der Waals surface area contributed by atoms with E-state index in [1.54, 1.807) is 24.3 Å². The monoisotopic (exact) mass is 379 g/mol. The number of anilines is 2. The molecule has 1 aliphatic rings. The van der Waals surface area contributed by atoms with Crippen LogP contribution in [0.15, 0.2) is 24.3 Å². The number of thioether (sulfide) groups is 1. The van der Waals surface area contributed by atoms with E-state index >= 15 is 0 Å². The summed E-state index contributed by atoms with van der Waals surface area (Å²) < 4.78 is 0. The van der Waals surface area contributed by atoms with Gasteiger partial charge in [0, 0.05) is 37.2 Å². The minimum absolute atomic E-state index is 0.0621. The molecule has 140 valence electrons. The fourth-order valence-corrected chi connectivity index (χ4v) is 3.34. The highest BCUT2D eigenvalue weighted by Crippen LogP contribution is 2.17. The number of hydrogen-bond acceptors (Lipinski definition) is 6. The average Bonchev–Trinajstić information content (AvgIpc) is 2.51. The summed E-state index contributed by atoms with van der Waals surface area (Å²) in [6.45, 7) is 1.40. The van der Waals surface area contributed by atoms with Crippen molar-refractivity contribution in [2.75, 3.05) is 16.4 Å². The quantitative estimate of drug-likeness (QED) is 0.450. The molecule has 1 saturated heterocycles. The van der Waals surface area contributed by atoms with E-state index in [1.165, 1.54) is 18.7 Å². The molecule has 0 bridgehead atoms. The van der Waals surface area contributed by atoms with Crippen LogP contribution in [0.1, 0.15) is 19.8 Å². The summed E-state index contributed by atoms with van der Waals surface area (Å²) in [6, 6.07) is 6.44. The van der Waals surface area contributed by atoms with E-state index < -0.39 is 11.4 Å². The topological polar surface area (TPSA) is 142 Å². The van der Waals surface area contributed by atoms with Crippen molar-refractivity contribution in [3.63, 3.8) is 0 Å². The van der Waals surface area contributed by atoms with Crippen LogP contribution >= 0.6 is 11.8 Å². The fourth-order valence-electron chi connectivity index (χ4n) is 2.44. The van der Waals surface area contributed by atoms with E-state index in [9.17, 15) is 19.2 Å². The molecule has 6 N–H and O–H groups in total. The fraction of sp³-hybridized carbons (Fsp3) is 0.375. The van der Waals surface area contributed by atoms with Crippen LogP contribution in [0.3, 0.4) is 0 Å². The predicted octanol–water partition coefficient (Wildman–Crippen LogP) is -0.0462. The third-order valence-electron chi connectivity index (χ3n) is 3.41. The maximum Gasteiger partial charge on any atom is 0.234 e. The van der Waals surface area contributed by atoms with Crippen molar-refractivity contribution >= 4 is 46.8 Å². The van der Waals surface area contributed by atoms with Crippen LogP contribution in [-0.2, 0) is 19.2 Å². The minimum Gasteiger partial charge on any atom is -0.370 e. The standard InChI is InChI=1S/C16H21N5O4S/c1-9(22)18-10-3-2-4-11(5-10)19-15(25)8-26-16-20-12(6-13(17)23)7-14(24)21-16/h2-5,12,16,20H,6-8H2,1H3,(H2,17,23)(H,18,22)(H,19,25)(H,21,24). The summed E-state index contributed by atoms with van der Waals surface area (Å²) in [5.74, 6) is -1.06. The van der Waals surface area contributed by atoms with Gasteiger partial charge < -0.3 is 21.7 Å². The van der Waals surface area contributed by atoms with Gasteiger partial charge in [-0.2, -0.15) is 0 Å². The van der Waals surface area contributed by atoms with Crippen LogP contribution in [0.5, 0.6) is 0 Å². The van der Waals surface area contributed by atoms with Crippen molar-refractivity contribution in [1.29, 1.82) is 0 Å². The molecule has 10 heteroatoms. The number of amides is 4. The molecule has 1 heterocycles. The number of benzene rings is 1. The highest BCUT2D eigenvalue weighted by molar-refractivity contribution is 8.00. The lowest BCUT2D eigenvalue weighted by atomic mass is 10.1. The van der Waals surface area contributed by atoms with Crippen molar-refractivity contribution in [2.24, 2.45) is 5.73 Å². The Labute approximate surface area is 154 Å². The molecule has 1 aliphatic heterocycles. The average molecular weight is 379 g/mol. The van der Waals surface area contributed by atoms with Gasteiger partial charge in [0.1, 0.15) is 5.50 Å². The van der Waals surface area contributed by atoms with E-state index in [-0.39, 0.29) is 42.4 Å². The van der Waals surface area contributed by atoms with Gasteiger partial charge in [0.05, 0.1) is 5.75 Å². The Morgan fingerprint density at radius 2 is 1.96 bits per heavy atom. The SMILES string of the molecule is CC(=O)Nc1cccc(NC(=O)CSC2NC(=O)CC(CC(N)=O)N2)c1. The molecule has 1 aromatic carbocycles. The lowest BCUT2D eigenvalue weighted by molar-refractivity contribution is -0.124. The first-order valence-corrected chi connectivity index (χ1v) is 8.99. The van der Waals surface area contributed by atoms with Gasteiger partial charge in [-0.1, -0.05) is 6.07 Å². The molecule has 0 saturated carbocycles. The molecule has 2 unspecified atom stereocenters. The van der Waals surface area contributed by atoms with Crippen molar-refractivity contribution in [1.82, 2.24) is 10.6 Å². The summed E-state index contributed by atoms with van der Waals surface area (Å²) >= 11 is 1.20. The summed E-state index contributed by atoms with van der Waals surface area (Å²) in [5, 5.41) is 11.1. The number of primary amides is 1. The second-order valence-electron chi connectivity index (χ2n) is 5.81. The molecule has 0 aromatic heterocycles. The van der Waals surface area contributed by atoms with Crippen molar-refractivity contribution < 1.29 is 19.2 Å². The Morgan fingerprint density at radius 3 is 2.62 bits per heavy atom. The zero-order chi connectivity index (χ0) is 19.1. The lowest BCUT2D eigenvalue weighted by Crippen LogP contribution is -2.55. The Hall–Kier alpha value is -2.59. The normalized spacial score (nSPS) is 19.3. The van der Waals surface area contributed by atoms with Gasteiger partial charge in [-0.3, -0.25) is 24.5 Å². The first-order chi connectivity index (χ1) is 12.3. The zero-order valence-electron chi connectivity index (χ0n) is 14.2. The van der Waals surface area contributed by atoms with Gasteiger partial charge in [-0.15, -0.1) is 11.8 Å². The largest absolute Gasteiger partial charge is 0.370 e. The summed E-state index contributed by atoms with van der Waals surface area (Å²) in [5.41, 5.74) is 5.81. The summed E-state index contributed by atoms with van der Waals surface area (Å²) in [4.78, 5) is 45.8. The van der Waals surface area contributed by atoms with Crippen molar-refractivity contribution in [3.05, 3.63) is 24.3 Å². The van der Waals surface area contributed by atoms with Gasteiger partial charge in [0.2, 0.25) is 23.6 Å². The molecule has 0 aliphatic carbocycles. The Morgan fingerprint density at radius 1 is 1.27 bits per heavy atom. The van der Waals surface area contributed by atoms with E-state index in [0.717, 1.165) is 0 Å². The first kappa shape index (κ1) is 19.7. The van der Waals surface area contributed by atoms with Crippen LogP contribution in [-0.4, -0.2) is 40.9 Å². The molecule has 26 heavy (non-hydrogen) atoms. The molecule has 4 amide bonds. The van der Waals surface area contributed by atoms with Crippen LogP contribution in [0.2, 0.25) is 0 Å². The van der Waals surface area contributed by atoms with Crippen LogP contribution in [0.4, 0.5) is 11.4 Å². The van der Waals surface area contributed by atoms with Crippen molar-refractivity contribution in [3.8, 4) is 0 Å². The Balaban J connectivity index is 1.83. The van der Waals surface area contributed by atoms with Gasteiger partial charge in [-0.25, -0.2) is 0 Å². The Kier molecular flexibility index (Phi) is 6.98. The van der Waals surface area contributed by atoms with Gasteiger partial charge in [0.15, 0.2) is 0 Å². The molecule has 0 radical (unpaired) electrons. The molecule has 1 aromatic rings. The summed E-state index contributed by atoms with van der Waals surface area (Å²) in [7, 11) is 0. The first-order valence-electron chi connectivity index (χ1n) is 7.94. The van der Waals surface area contributed by atoms with E-state index in [0.29, 0.717) is 11.4 Å². The van der Waals surface area contributed by atoms with E-state index in [2.05, 4.69) is 21.3 Å². The van der Waals surface area contributed by atoms with Gasteiger partial charge >= 0.3 is 0 Å². The minimum atomic E-state index is -0.488. The van der Waals surface area contributed by atoms with E-state index in [4.69, 9.17) is 5.73 Å². The number of carbonyl (C=O) groups is 4. The molecule has 1 fully saturated rings. The second-order valence-corrected chi connectivity index (χ2v) is 6.90. The summed E-state index contributed by atoms with van der Waals surface area (Å²) in [6.07, 6.45) is 0.231. The molecule has 2 rings (SSSR count). The number of rotatable bonds is 7. The maximum absolute atomic E-state index is 12.1. The number of nitrogens with one attached hydrogen (secondary N) is 4. The van der Waals surface area contributed by atoms with E-state index in [1.807, 2.05) is 0 Å². The zero-order valence-corrected chi connectivity index (χ0v) is 15.0. The molecular weight excluding hydrogens is 358 g/mol. The maximum atomic E-state index is 12.1. The van der Waals surface area contributed by atoms with Crippen LogP contribution < -0.4 is 27.0 Å². The highest BCUT2D eigenvalue weighted by atomic mass is 32.2. The van der Waals surface area contributed by atoms with Crippen LogP contribution in [0.25, 0.3) is 0 Å². The smallest absolute Gasteiger partial charge is 0.234 e. The highest BCUT2D eigenvalue weighted by Gasteiger charge is 2.27. The second kappa shape index (κ2) is 9.20. The van der Waals surface area contributed by atoms with Gasteiger partial charge in [0.25, 0.3) is 0 Å². The predicted molar refractivity (Wildman–Crippen MR) is 99.1 cm³/mol. The van der Waals surface area contributed by atoms with Crippen molar-refractivity contribution in [2.45, 2.75) is 31.3 Å². The Bertz CT molecular complexity index is 710.